The Morgan fingerprint density at radius 3 is 2.17 bits per heavy atom. The molecule has 0 saturated heterocycles. The van der Waals surface area contributed by atoms with Crippen molar-refractivity contribution in [1.82, 2.24) is 5.32 Å². The maximum atomic E-state index is 12.2. The highest BCUT2D eigenvalue weighted by molar-refractivity contribution is 6.06. The number of anilines is 2. The van der Waals surface area contributed by atoms with Crippen LogP contribution >= 0.6 is 0 Å². The minimum Gasteiger partial charge on any atom is -0.495 e. The van der Waals surface area contributed by atoms with Crippen molar-refractivity contribution < 1.29 is 14.3 Å². The average Bonchev–Trinajstić information content (AvgIpc) is 2.55. The fraction of sp³-hybridized carbons (Fsp3) is 0.222. The SMILES string of the molecule is COc1ccccc1NC(=O)Nc1ccccc1C(=O)NC(C)C. The van der Waals surface area contributed by atoms with Crippen LogP contribution < -0.4 is 20.7 Å². The largest absolute Gasteiger partial charge is 0.495 e. The number of ether oxygens (including phenoxy) is 1. The topological polar surface area (TPSA) is 79.5 Å². The first kappa shape index (κ1) is 17.3. The zero-order valence-corrected chi connectivity index (χ0v) is 13.9. The van der Waals surface area contributed by atoms with Gasteiger partial charge in [0.2, 0.25) is 0 Å². The Labute approximate surface area is 141 Å². The van der Waals surface area contributed by atoms with Crippen molar-refractivity contribution in [1.29, 1.82) is 0 Å². The molecule has 0 heterocycles. The fourth-order valence-electron chi connectivity index (χ4n) is 2.15. The average molecular weight is 327 g/mol. The second kappa shape index (κ2) is 8.01. The summed E-state index contributed by atoms with van der Waals surface area (Å²) >= 11 is 0. The van der Waals surface area contributed by atoms with E-state index in [1.54, 1.807) is 42.5 Å². The highest BCUT2D eigenvalue weighted by Gasteiger charge is 2.14. The molecule has 0 aliphatic rings. The lowest BCUT2D eigenvalue weighted by Gasteiger charge is -2.14. The number of rotatable bonds is 5. The van der Waals surface area contributed by atoms with Crippen molar-refractivity contribution in [2.75, 3.05) is 17.7 Å². The van der Waals surface area contributed by atoms with E-state index in [2.05, 4.69) is 16.0 Å². The smallest absolute Gasteiger partial charge is 0.323 e. The molecule has 0 radical (unpaired) electrons. The molecule has 0 atom stereocenters. The number of carbonyl (C=O) groups excluding carboxylic acids is 2. The lowest BCUT2D eigenvalue weighted by atomic mass is 10.1. The summed E-state index contributed by atoms with van der Waals surface area (Å²) in [5, 5.41) is 8.22. The van der Waals surface area contributed by atoms with Crippen LogP contribution in [0.4, 0.5) is 16.2 Å². The second-order valence-corrected chi connectivity index (χ2v) is 5.45. The van der Waals surface area contributed by atoms with Gasteiger partial charge in [0.05, 0.1) is 24.0 Å². The van der Waals surface area contributed by atoms with Crippen molar-refractivity contribution >= 4 is 23.3 Å². The first-order valence-electron chi connectivity index (χ1n) is 7.62. The monoisotopic (exact) mass is 327 g/mol. The van der Waals surface area contributed by atoms with Crippen molar-refractivity contribution in [3.8, 4) is 5.75 Å². The van der Waals surface area contributed by atoms with E-state index in [9.17, 15) is 9.59 Å². The van der Waals surface area contributed by atoms with Gasteiger partial charge < -0.3 is 20.7 Å². The third-order valence-corrected chi connectivity index (χ3v) is 3.19. The molecule has 0 aliphatic heterocycles. The van der Waals surface area contributed by atoms with Crippen molar-refractivity contribution in [3.05, 3.63) is 54.1 Å². The predicted molar refractivity (Wildman–Crippen MR) is 94.7 cm³/mol. The normalized spacial score (nSPS) is 10.2. The van der Waals surface area contributed by atoms with Crippen molar-refractivity contribution in [2.24, 2.45) is 0 Å². The third-order valence-electron chi connectivity index (χ3n) is 3.19. The summed E-state index contributed by atoms with van der Waals surface area (Å²) in [4.78, 5) is 24.5. The molecule has 0 fully saturated rings. The number of carbonyl (C=O) groups is 2. The van der Waals surface area contributed by atoms with Gasteiger partial charge in [0.15, 0.2) is 0 Å². The van der Waals surface area contributed by atoms with Gasteiger partial charge in [-0.1, -0.05) is 24.3 Å². The molecular weight excluding hydrogens is 306 g/mol. The van der Waals surface area contributed by atoms with Gasteiger partial charge >= 0.3 is 6.03 Å². The number of methoxy groups -OCH3 is 1. The first-order valence-corrected chi connectivity index (χ1v) is 7.62. The van der Waals surface area contributed by atoms with Crippen LogP contribution in [0.25, 0.3) is 0 Å². The van der Waals surface area contributed by atoms with Crippen LogP contribution in [-0.2, 0) is 0 Å². The molecule has 0 saturated carbocycles. The predicted octanol–water partition coefficient (Wildman–Crippen LogP) is 3.48. The molecule has 0 aliphatic carbocycles. The van der Waals surface area contributed by atoms with Gasteiger partial charge in [-0.3, -0.25) is 4.79 Å². The number of nitrogens with one attached hydrogen (secondary N) is 3. The standard InChI is InChI=1S/C18H21N3O3/c1-12(2)19-17(22)13-8-4-5-9-14(13)20-18(23)21-15-10-6-7-11-16(15)24-3/h4-12H,1-3H3,(H,19,22)(H2,20,21,23). The molecule has 24 heavy (non-hydrogen) atoms. The molecule has 2 aromatic rings. The van der Waals surface area contributed by atoms with Gasteiger partial charge in [0.1, 0.15) is 5.75 Å². The molecule has 2 aromatic carbocycles. The number of benzene rings is 2. The minimum atomic E-state index is -0.454. The fourth-order valence-corrected chi connectivity index (χ4v) is 2.15. The van der Waals surface area contributed by atoms with Crippen LogP contribution in [0.3, 0.4) is 0 Å². The van der Waals surface area contributed by atoms with Crippen LogP contribution in [0.2, 0.25) is 0 Å². The van der Waals surface area contributed by atoms with E-state index in [4.69, 9.17) is 4.74 Å². The number of para-hydroxylation sites is 3. The molecule has 2 rings (SSSR count). The van der Waals surface area contributed by atoms with Gasteiger partial charge in [0, 0.05) is 6.04 Å². The first-order chi connectivity index (χ1) is 11.5. The summed E-state index contributed by atoms with van der Waals surface area (Å²) in [5.74, 6) is 0.316. The van der Waals surface area contributed by atoms with E-state index in [0.29, 0.717) is 22.7 Å². The quantitative estimate of drug-likeness (QED) is 0.786. The molecule has 0 bridgehead atoms. The Kier molecular flexibility index (Phi) is 5.78. The van der Waals surface area contributed by atoms with Gasteiger partial charge in [-0.05, 0) is 38.1 Å². The van der Waals surface area contributed by atoms with Crippen LogP contribution in [-0.4, -0.2) is 25.1 Å². The maximum Gasteiger partial charge on any atom is 0.323 e. The van der Waals surface area contributed by atoms with E-state index < -0.39 is 6.03 Å². The van der Waals surface area contributed by atoms with E-state index in [0.717, 1.165) is 0 Å². The molecule has 126 valence electrons. The molecule has 0 aromatic heterocycles. The Morgan fingerprint density at radius 2 is 1.50 bits per heavy atom. The summed E-state index contributed by atoms with van der Waals surface area (Å²) < 4.78 is 5.20. The van der Waals surface area contributed by atoms with Gasteiger partial charge in [-0.25, -0.2) is 4.79 Å². The lowest BCUT2D eigenvalue weighted by Crippen LogP contribution is -2.31. The van der Waals surface area contributed by atoms with Gasteiger partial charge in [0.25, 0.3) is 5.91 Å². The Bertz CT molecular complexity index is 729. The molecule has 6 nitrogen and oxygen atoms in total. The molecule has 3 N–H and O–H groups in total. The third kappa shape index (κ3) is 4.49. The number of hydrogen-bond acceptors (Lipinski definition) is 3. The van der Waals surface area contributed by atoms with E-state index in [1.165, 1.54) is 7.11 Å². The minimum absolute atomic E-state index is 0.00737. The van der Waals surface area contributed by atoms with Crippen molar-refractivity contribution in [3.63, 3.8) is 0 Å². The molecule has 0 spiro atoms. The highest BCUT2D eigenvalue weighted by atomic mass is 16.5. The molecular formula is C18H21N3O3. The summed E-state index contributed by atoms with van der Waals surface area (Å²) in [6, 6.07) is 13.5. The van der Waals surface area contributed by atoms with Crippen LogP contribution in [0.1, 0.15) is 24.2 Å². The number of hydrogen-bond donors (Lipinski definition) is 3. The number of urea groups is 1. The highest BCUT2D eigenvalue weighted by Crippen LogP contribution is 2.23. The summed E-state index contributed by atoms with van der Waals surface area (Å²) in [6.45, 7) is 3.75. The van der Waals surface area contributed by atoms with Crippen LogP contribution in [0, 0.1) is 0 Å². The van der Waals surface area contributed by atoms with E-state index in [-0.39, 0.29) is 11.9 Å². The van der Waals surface area contributed by atoms with Crippen molar-refractivity contribution in [2.45, 2.75) is 19.9 Å². The summed E-state index contributed by atoms with van der Waals surface area (Å²) in [5.41, 5.74) is 1.38. The number of amides is 3. The summed E-state index contributed by atoms with van der Waals surface area (Å²) in [7, 11) is 1.53. The van der Waals surface area contributed by atoms with Gasteiger partial charge in [-0.2, -0.15) is 0 Å². The second-order valence-electron chi connectivity index (χ2n) is 5.45. The van der Waals surface area contributed by atoms with Crippen LogP contribution in [0.5, 0.6) is 5.75 Å². The zero-order valence-electron chi connectivity index (χ0n) is 13.9. The zero-order chi connectivity index (χ0) is 17.5. The van der Waals surface area contributed by atoms with E-state index >= 15 is 0 Å². The molecule has 3 amide bonds. The molecule has 0 unspecified atom stereocenters. The maximum absolute atomic E-state index is 12.2. The Balaban J connectivity index is 2.13. The van der Waals surface area contributed by atoms with E-state index in [1.807, 2.05) is 19.9 Å². The Morgan fingerprint density at radius 1 is 0.917 bits per heavy atom. The van der Waals surface area contributed by atoms with Gasteiger partial charge in [-0.15, -0.1) is 0 Å². The Hall–Kier alpha value is -3.02. The summed E-state index contributed by atoms with van der Waals surface area (Å²) in [6.07, 6.45) is 0. The van der Waals surface area contributed by atoms with Crippen LogP contribution in [0.15, 0.2) is 48.5 Å². The lowest BCUT2D eigenvalue weighted by molar-refractivity contribution is 0.0944. The molecule has 6 heteroatoms.